The molecular weight excluding hydrogens is 290 g/mol. The molecule has 0 atom stereocenters. The third-order valence-electron chi connectivity index (χ3n) is 2.62. The number of benzene rings is 1. The third-order valence-corrected chi connectivity index (χ3v) is 3.87. The maximum atomic E-state index is 11.9. The van der Waals surface area contributed by atoms with Crippen LogP contribution in [0.25, 0.3) is 0 Å². The van der Waals surface area contributed by atoms with Crippen molar-refractivity contribution in [2.24, 2.45) is 0 Å². The lowest BCUT2D eigenvalue weighted by molar-refractivity contribution is 0.0913. The molecule has 0 spiro atoms. The molecule has 116 valence electrons. The number of aliphatic hydroxyl groups excluding tert-OH is 1. The smallest absolute Gasteiger partial charge is 0.235 e. The molecule has 0 radical (unpaired) electrons. The predicted molar refractivity (Wildman–Crippen MR) is 83.6 cm³/mol. The average molecular weight is 311 g/mol. The molecule has 0 bridgehead atoms. The van der Waals surface area contributed by atoms with Crippen LogP contribution in [0.4, 0.5) is 5.69 Å². The minimum atomic E-state index is -3.45. The van der Waals surface area contributed by atoms with Crippen molar-refractivity contribution in [2.45, 2.75) is 26.9 Å². The number of aryl methyl sites for hydroxylation is 1. The summed E-state index contributed by atoms with van der Waals surface area (Å²) < 4.78 is 31.6. The van der Waals surface area contributed by atoms with E-state index in [4.69, 9.17) is 9.84 Å². The van der Waals surface area contributed by atoms with Crippen LogP contribution in [0, 0.1) is 18.8 Å². The standard InChI is InChI=1S/C15H21NO4S/c1-12(2)20-9-10-21(18,19)16-15-7-6-13(3)14(11-15)5-4-8-17/h6-7,11-12,16-17H,8-10H2,1-3H3. The highest BCUT2D eigenvalue weighted by molar-refractivity contribution is 7.92. The Labute approximate surface area is 126 Å². The molecule has 0 aromatic heterocycles. The first kappa shape index (κ1) is 17.5. The fraction of sp³-hybridized carbons (Fsp3) is 0.467. The molecule has 0 aliphatic heterocycles. The fourth-order valence-electron chi connectivity index (χ4n) is 1.58. The maximum Gasteiger partial charge on any atom is 0.235 e. The summed E-state index contributed by atoms with van der Waals surface area (Å²) in [4.78, 5) is 0. The summed E-state index contributed by atoms with van der Waals surface area (Å²) in [7, 11) is -3.45. The average Bonchev–Trinajstić information content (AvgIpc) is 2.38. The van der Waals surface area contributed by atoms with Gasteiger partial charge in [0.15, 0.2) is 0 Å². The first-order valence-electron chi connectivity index (χ1n) is 6.66. The molecule has 0 heterocycles. The van der Waals surface area contributed by atoms with Crippen LogP contribution in [-0.2, 0) is 14.8 Å². The monoisotopic (exact) mass is 311 g/mol. The Bertz CT molecular complexity index is 627. The van der Waals surface area contributed by atoms with Crippen LogP contribution in [0.5, 0.6) is 0 Å². The number of anilines is 1. The first-order valence-corrected chi connectivity index (χ1v) is 8.32. The molecule has 0 fully saturated rings. The highest BCUT2D eigenvalue weighted by Crippen LogP contribution is 2.16. The van der Waals surface area contributed by atoms with E-state index in [1.807, 2.05) is 20.8 Å². The summed E-state index contributed by atoms with van der Waals surface area (Å²) in [6, 6.07) is 5.11. The SMILES string of the molecule is Cc1ccc(NS(=O)(=O)CCOC(C)C)cc1C#CCO. The molecule has 0 unspecified atom stereocenters. The molecule has 2 N–H and O–H groups in total. The van der Waals surface area contributed by atoms with E-state index < -0.39 is 10.0 Å². The van der Waals surface area contributed by atoms with Gasteiger partial charge in [0.1, 0.15) is 6.61 Å². The Balaban J connectivity index is 2.78. The molecular formula is C15H21NO4S. The zero-order chi connectivity index (χ0) is 15.9. The van der Waals surface area contributed by atoms with Gasteiger partial charge in [0.25, 0.3) is 0 Å². The summed E-state index contributed by atoms with van der Waals surface area (Å²) in [6.07, 6.45) is -0.0000615. The van der Waals surface area contributed by atoms with Gasteiger partial charge < -0.3 is 9.84 Å². The molecule has 0 saturated heterocycles. The minimum Gasteiger partial charge on any atom is -0.384 e. The number of aliphatic hydroxyl groups is 1. The van der Waals surface area contributed by atoms with Crippen LogP contribution >= 0.6 is 0 Å². The normalized spacial score (nSPS) is 11.1. The van der Waals surface area contributed by atoms with Gasteiger partial charge in [-0.05, 0) is 38.5 Å². The number of rotatable bonds is 6. The van der Waals surface area contributed by atoms with Crippen LogP contribution < -0.4 is 4.72 Å². The van der Waals surface area contributed by atoms with Crippen molar-refractivity contribution in [3.8, 4) is 11.8 Å². The van der Waals surface area contributed by atoms with E-state index in [1.54, 1.807) is 18.2 Å². The number of ether oxygens (including phenoxy) is 1. The van der Waals surface area contributed by atoms with E-state index in [0.29, 0.717) is 11.3 Å². The van der Waals surface area contributed by atoms with Crippen LogP contribution in [-0.4, -0.2) is 38.6 Å². The third kappa shape index (κ3) is 6.63. The largest absolute Gasteiger partial charge is 0.384 e. The first-order chi connectivity index (χ1) is 9.84. The Hall–Kier alpha value is -1.55. The van der Waals surface area contributed by atoms with Gasteiger partial charge in [-0.25, -0.2) is 8.42 Å². The van der Waals surface area contributed by atoms with E-state index in [9.17, 15) is 8.42 Å². The molecule has 1 aromatic carbocycles. The molecule has 0 amide bonds. The fourth-order valence-corrected chi connectivity index (χ4v) is 2.48. The number of hydrogen-bond acceptors (Lipinski definition) is 4. The lowest BCUT2D eigenvalue weighted by Gasteiger charge is -2.11. The van der Waals surface area contributed by atoms with E-state index in [-0.39, 0.29) is 25.1 Å². The van der Waals surface area contributed by atoms with Gasteiger partial charge >= 0.3 is 0 Å². The summed E-state index contributed by atoms with van der Waals surface area (Å²) in [5.41, 5.74) is 2.05. The second-order valence-corrected chi connectivity index (χ2v) is 6.67. The van der Waals surface area contributed by atoms with E-state index in [0.717, 1.165) is 5.56 Å². The zero-order valence-corrected chi connectivity index (χ0v) is 13.3. The predicted octanol–water partition coefficient (Wildman–Crippen LogP) is 1.51. The molecule has 0 aliphatic carbocycles. The van der Waals surface area contributed by atoms with Crippen LogP contribution in [0.2, 0.25) is 0 Å². The van der Waals surface area contributed by atoms with Crippen LogP contribution in [0.3, 0.4) is 0 Å². The Morgan fingerprint density at radius 2 is 2.10 bits per heavy atom. The van der Waals surface area contributed by atoms with Crippen molar-refractivity contribution in [3.63, 3.8) is 0 Å². The van der Waals surface area contributed by atoms with Crippen molar-refractivity contribution < 1.29 is 18.3 Å². The van der Waals surface area contributed by atoms with E-state index in [2.05, 4.69) is 16.6 Å². The second-order valence-electron chi connectivity index (χ2n) is 4.83. The molecule has 6 heteroatoms. The molecule has 1 aromatic rings. The van der Waals surface area contributed by atoms with Crippen LogP contribution in [0.15, 0.2) is 18.2 Å². The second kappa shape index (κ2) is 8.03. The molecule has 0 saturated carbocycles. The quantitative estimate of drug-likeness (QED) is 0.781. The van der Waals surface area contributed by atoms with Gasteiger partial charge in [-0.1, -0.05) is 17.9 Å². The zero-order valence-electron chi connectivity index (χ0n) is 12.5. The highest BCUT2D eigenvalue weighted by Gasteiger charge is 2.11. The van der Waals surface area contributed by atoms with Gasteiger partial charge in [-0.3, -0.25) is 4.72 Å². The van der Waals surface area contributed by atoms with Gasteiger partial charge in [0.05, 0.1) is 18.5 Å². The lowest BCUT2D eigenvalue weighted by Crippen LogP contribution is -2.21. The van der Waals surface area contributed by atoms with E-state index in [1.165, 1.54) is 0 Å². The summed E-state index contributed by atoms with van der Waals surface area (Å²) in [6.45, 7) is 5.49. The van der Waals surface area contributed by atoms with Crippen molar-refractivity contribution in [1.29, 1.82) is 0 Å². The van der Waals surface area contributed by atoms with Gasteiger partial charge in [-0.15, -0.1) is 0 Å². The van der Waals surface area contributed by atoms with Crippen LogP contribution in [0.1, 0.15) is 25.0 Å². The Morgan fingerprint density at radius 3 is 2.71 bits per heavy atom. The maximum absolute atomic E-state index is 11.9. The summed E-state index contributed by atoms with van der Waals surface area (Å²) in [5.74, 6) is 5.24. The molecule has 21 heavy (non-hydrogen) atoms. The van der Waals surface area contributed by atoms with E-state index >= 15 is 0 Å². The highest BCUT2D eigenvalue weighted by atomic mass is 32.2. The van der Waals surface area contributed by atoms with Gasteiger partial charge in [0.2, 0.25) is 10.0 Å². The molecule has 0 aliphatic rings. The Morgan fingerprint density at radius 1 is 1.38 bits per heavy atom. The minimum absolute atomic E-state index is 0.0000615. The number of nitrogens with one attached hydrogen (secondary N) is 1. The van der Waals surface area contributed by atoms with Crippen molar-refractivity contribution in [2.75, 3.05) is 23.7 Å². The molecule has 5 nitrogen and oxygen atoms in total. The van der Waals surface area contributed by atoms with Gasteiger partial charge in [-0.2, -0.15) is 0 Å². The summed E-state index contributed by atoms with van der Waals surface area (Å²) >= 11 is 0. The lowest BCUT2D eigenvalue weighted by atomic mass is 10.1. The van der Waals surface area contributed by atoms with Gasteiger partial charge in [0, 0.05) is 11.3 Å². The van der Waals surface area contributed by atoms with Crippen molar-refractivity contribution >= 4 is 15.7 Å². The topological polar surface area (TPSA) is 75.6 Å². The number of sulfonamides is 1. The number of hydrogen-bond donors (Lipinski definition) is 2. The molecule has 1 rings (SSSR count). The van der Waals surface area contributed by atoms with Crippen molar-refractivity contribution in [1.82, 2.24) is 0 Å². The Kier molecular flexibility index (Phi) is 6.69. The summed E-state index contributed by atoms with van der Waals surface area (Å²) in [5, 5.41) is 8.72. The van der Waals surface area contributed by atoms with Crippen molar-refractivity contribution in [3.05, 3.63) is 29.3 Å².